The van der Waals surface area contributed by atoms with Gasteiger partial charge in [-0.1, -0.05) is 57.9 Å². The lowest BCUT2D eigenvalue weighted by Crippen LogP contribution is -2.52. The van der Waals surface area contributed by atoms with E-state index in [1.54, 1.807) is 6.07 Å². The quantitative estimate of drug-likeness (QED) is 0.253. The third-order valence-electron chi connectivity index (χ3n) is 6.95. The molecule has 2 amide bonds. The third-order valence-corrected chi connectivity index (χ3v) is 8.29. The van der Waals surface area contributed by atoms with E-state index in [-0.39, 0.29) is 18.2 Å². The Bertz CT molecular complexity index is 1040. The lowest BCUT2D eigenvalue weighted by molar-refractivity contribution is 0.137. The highest BCUT2D eigenvalue weighted by Crippen LogP contribution is 2.33. The van der Waals surface area contributed by atoms with Crippen molar-refractivity contribution in [1.29, 1.82) is 0 Å². The van der Waals surface area contributed by atoms with Crippen LogP contribution in [-0.2, 0) is 4.43 Å². The lowest BCUT2D eigenvalue weighted by atomic mass is 9.90. The molecule has 0 atom stereocenters. The average Bonchev–Trinajstić information content (AvgIpc) is 2.86. The van der Waals surface area contributed by atoms with Crippen molar-refractivity contribution in [3.8, 4) is 5.75 Å². The minimum atomic E-state index is -0.204. The summed E-state index contributed by atoms with van der Waals surface area (Å²) in [4.78, 5) is 17.8. The number of rotatable bonds is 7. The van der Waals surface area contributed by atoms with Gasteiger partial charge in [-0.2, -0.15) is 0 Å². The van der Waals surface area contributed by atoms with E-state index in [4.69, 9.17) is 27.9 Å². The fraction of sp³-hybridized carbons (Fsp3) is 0.519. The molecule has 2 aliphatic rings. The number of nitrogens with zero attached hydrogens (tertiary/aromatic N) is 2. The Morgan fingerprint density at radius 2 is 1.78 bits per heavy atom. The highest BCUT2D eigenvalue weighted by Gasteiger charge is 2.29. The number of alkyl halides is 1. The maximum Gasteiger partial charge on any atom is 0.319 e. The fourth-order valence-electron chi connectivity index (χ4n) is 5.19. The number of hydrogen-bond donors (Lipinski definition) is 2. The first kappa shape index (κ1) is 27.6. The van der Waals surface area contributed by atoms with Crippen molar-refractivity contribution in [2.24, 2.45) is 0 Å². The van der Waals surface area contributed by atoms with E-state index < -0.39 is 0 Å². The molecule has 4 rings (SSSR count). The van der Waals surface area contributed by atoms with Gasteiger partial charge < -0.3 is 20.3 Å². The van der Waals surface area contributed by atoms with Crippen LogP contribution in [0.15, 0.2) is 36.4 Å². The summed E-state index contributed by atoms with van der Waals surface area (Å²) in [6, 6.07) is 12.4. The lowest BCUT2D eigenvalue weighted by Gasteiger charge is -2.43. The number of anilines is 2. The summed E-state index contributed by atoms with van der Waals surface area (Å²) in [5, 5.41) is 7.13. The zero-order valence-corrected chi connectivity index (χ0v) is 24.6. The van der Waals surface area contributed by atoms with Gasteiger partial charge in [0.05, 0.1) is 22.5 Å². The molecule has 0 bridgehead atoms. The Balaban J connectivity index is 1.24. The van der Waals surface area contributed by atoms with Gasteiger partial charge >= 0.3 is 6.03 Å². The number of hydrogen-bond acceptors (Lipinski definition) is 4. The van der Waals surface area contributed by atoms with Crippen LogP contribution < -0.4 is 20.3 Å². The highest BCUT2D eigenvalue weighted by molar-refractivity contribution is 14.1. The zero-order chi connectivity index (χ0) is 25.7. The minimum absolute atomic E-state index is 0.162. The number of urea groups is 1. The van der Waals surface area contributed by atoms with Crippen molar-refractivity contribution >= 4 is 63.2 Å². The number of benzene rings is 2. The van der Waals surface area contributed by atoms with E-state index >= 15 is 0 Å². The summed E-state index contributed by atoms with van der Waals surface area (Å²) in [6.07, 6.45) is 4.32. The molecule has 1 aliphatic heterocycles. The SMILES string of the molecule is CC(C)Oc1ccccc1N1CCN([C@H]2CC[C@@H](NC(=O)Nc3c(Cl)cc(Cl)cc3CI)CC2)CC1. The Kier molecular flexibility index (Phi) is 9.89. The number of halogens is 3. The Morgan fingerprint density at radius 3 is 2.44 bits per heavy atom. The number of piperazine rings is 1. The van der Waals surface area contributed by atoms with Gasteiger partial charge in [0.15, 0.2) is 0 Å². The second kappa shape index (κ2) is 12.9. The number of carbonyl (C=O) groups excluding carboxylic acids is 1. The van der Waals surface area contributed by atoms with Crippen LogP contribution >= 0.6 is 45.8 Å². The Labute approximate surface area is 238 Å². The van der Waals surface area contributed by atoms with Crippen molar-refractivity contribution in [2.45, 2.75) is 62.1 Å². The normalized spacial score (nSPS) is 20.9. The number of para-hydroxylation sites is 2. The number of carbonyl (C=O) groups is 1. The van der Waals surface area contributed by atoms with Gasteiger partial charge in [-0.25, -0.2) is 4.79 Å². The molecular formula is C27H35Cl2IN4O2. The molecule has 2 aromatic rings. The van der Waals surface area contributed by atoms with Crippen LogP contribution in [0, 0.1) is 0 Å². The molecule has 196 valence electrons. The van der Waals surface area contributed by atoms with Gasteiger partial charge in [0.2, 0.25) is 0 Å². The first-order valence-corrected chi connectivity index (χ1v) is 15.0. The molecular weight excluding hydrogens is 610 g/mol. The van der Waals surface area contributed by atoms with Crippen molar-refractivity contribution in [2.75, 3.05) is 36.4 Å². The molecule has 36 heavy (non-hydrogen) atoms. The molecule has 1 aliphatic carbocycles. The van der Waals surface area contributed by atoms with Gasteiger partial charge in [-0.3, -0.25) is 4.90 Å². The summed E-state index contributed by atoms with van der Waals surface area (Å²) < 4.78 is 6.75. The van der Waals surface area contributed by atoms with Gasteiger partial charge in [0.1, 0.15) is 5.75 Å². The summed E-state index contributed by atoms with van der Waals surface area (Å²) in [5.74, 6) is 0.969. The molecule has 2 N–H and O–H groups in total. The first-order chi connectivity index (χ1) is 17.3. The molecule has 1 heterocycles. The number of nitrogens with one attached hydrogen (secondary N) is 2. The van der Waals surface area contributed by atoms with Gasteiger partial charge in [-0.15, -0.1) is 0 Å². The predicted octanol–water partition coefficient (Wildman–Crippen LogP) is 6.97. The zero-order valence-electron chi connectivity index (χ0n) is 20.9. The van der Waals surface area contributed by atoms with Crippen LogP contribution in [0.25, 0.3) is 0 Å². The second-order valence-corrected chi connectivity index (χ2v) is 11.4. The molecule has 0 unspecified atom stereocenters. The third kappa shape index (κ3) is 7.11. The number of amides is 2. The van der Waals surface area contributed by atoms with Crippen LogP contribution in [0.3, 0.4) is 0 Å². The van der Waals surface area contributed by atoms with Gasteiger partial charge in [0.25, 0.3) is 0 Å². The van der Waals surface area contributed by atoms with E-state index in [1.807, 2.05) is 12.1 Å². The minimum Gasteiger partial charge on any atom is -0.489 e. The number of ether oxygens (including phenoxy) is 1. The summed E-state index contributed by atoms with van der Waals surface area (Å²) in [7, 11) is 0. The van der Waals surface area contributed by atoms with E-state index in [1.165, 1.54) is 5.69 Å². The highest BCUT2D eigenvalue weighted by atomic mass is 127. The first-order valence-electron chi connectivity index (χ1n) is 12.7. The average molecular weight is 645 g/mol. The van der Waals surface area contributed by atoms with E-state index in [2.05, 4.69) is 75.1 Å². The molecule has 1 saturated carbocycles. The van der Waals surface area contributed by atoms with Crippen LogP contribution in [-0.4, -0.2) is 55.3 Å². The van der Waals surface area contributed by atoms with Gasteiger partial charge in [0, 0.05) is 47.7 Å². The van der Waals surface area contributed by atoms with E-state index in [0.717, 1.165) is 63.2 Å². The topological polar surface area (TPSA) is 56.8 Å². The molecule has 9 heteroatoms. The molecule has 2 aromatic carbocycles. The molecule has 2 fully saturated rings. The fourth-order valence-corrected chi connectivity index (χ4v) is 6.38. The summed E-state index contributed by atoms with van der Waals surface area (Å²) in [5.41, 5.74) is 2.75. The maximum atomic E-state index is 12.7. The summed E-state index contributed by atoms with van der Waals surface area (Å²) >= 11 is 14.7. The smallest absolute Gasteiger partial charge is 0.319 e. The van der Waals surface area contributed by atoms with Crippen LogP contribution in [0.2, 0.25) is 10.0 Å². The second-order valence-electron chi connectivity index (χ2n) is 9.82. The molecule has 1 saturated heterocycles. The van der Waals surface area contributed by atoms with Crippen LogP contribution in [0.4, 0.5) is 16.2 Å². The maximum absolute atomic E-state index is 12.7. The largest absolute Gasteiger partial charge is 0.489 e. The molecule has 0 radical (unpaired) electrons. The Morgan fingerprint density at radius 1 is 1.08 bits per heavy atom. The van der Waals surface area contributed by atoms with Crippen molar-refractivity contribution in [3.63, 3.8) is 0 Å². The molecule has 6 nitrogen and oxygen atoms in total. The molecule has 0 aromatic heterocycles. The van der Waals surface area contributed by atoms with Gasteiger partial charge in [-0.05, 0) is 69.4 Å². The summed E-state index contributed by atoms with van der Waals surface area (Å²) in [6.45, 7) is 8.23. The van der Waals surface area contributed by atoms with Crippen molar-refractivity contribution in [1.82, 2.24) is 10.2 Å². The van der Waals surface area contributed by atoms with Crippen molar-refractivity contribution < 1.29 is 9.53 Å². The van der Waals surface area contributed by atoms with E-state index in [0.29, 0.717) is 26.2 Å². The van der Waals surface area contributed by atoms with Crippen molar-refractivity contribution in [3.05, 3.63) is 52.0 Å². The molecule has 0 spiro atoms. The monoisotopic (exact) mass is 644 g/mol. The Hall–Kier alpha value is -1.42. The van der Waals surface area contributed by atoms with Crippen LogP contribution in [0.1, 0.15) is 45.1 Å². The standard InChI is InChI=1S/C27H35Cl2IN4O2/c1-18(2)36-25-6-4-3-5-24(25)34-13-11-33(12-14-34)22-9-7-21(8-10-22)31-27(35)32-26-19(17-30)15-20(28)16-23(26)29/h3-6,15-16,18,21-22H,7-14,17H2,1-2H3,(H2,31,32,35)/t21-,22+. The predicted molar refractivity (Wildman–Crippen MR) is 158 cm³/mol. The van der Waals surface area contributed by atoms with E-state index in [9.17, 15) is 4.79 Å². The van der Waals surface area contributed by atoms with Crippen LogP contribution in [0.5, 0.6) is 5.75 Å².